The fraction of sp³-hybridized carbons (Fsp3) is 0.438. The highest BCUT2D eigenvalue weighted by molar-refractivity contribution is 5.94. The fourth-order valence-electron chi connectivity index (χ4n) is 1.99. The molecule has 0 saturated heterocycles. The molecule has 0 radical (unpaired) electrons. The van der Waals surface area contributed by atoms with E-state index in [9.17, 15) is 9.59 Å². The van der Waals surface area contributed by atoms with Crippen LogP contribution in [0.15, 0.2) is 24.3 Å². The number of nitrogens with zero attached hydrogens (tertiary/aromatic N) is 1. The zero-order valence-electron chi connectivity index (χ0n) is 12.0. The molecule has 1 aromatic rings. The first kappa shape index (κ1) is 15.0. The molecule has 110 valence electrons. The van der Waals surface area contributed by atoms with Crippen molar-refractivity contribution in [3.8, 4) is 6.07 Å². The second kappa shape index (κ2) is 6.40. The summed E-state index contributed by atoms with van der Waals surface area (Å²) in [4.78, 5) is 23.4. The first-order valence-electron chi connectivity index (χ1n) is 7.02. The minimum absolute atomic E-state index is 0.105. The van der Waals surface area contributed by atoms with Crippen molar-refractivity contribution in [3.05, 3.63) is 29.8 Å². The van der Waals surface area contributed by atoms with E-state index < -0.39 is 5.97 Å². The molecule has 0 aliphatic heterocycles. The van der Waals surface area contributed by atoms with Crippen LogP contribution in [-0.4, -0.2) is 18.5 Å². The molecule has 2 rings (SSSR count). The monoisotopic (exact) mass is 286 g/mol. The van der Waals surface area contributed by atoms with Crippen molar-refractivity contribution < 1.29 is 14.3 Å². The minimum atomic E-state index is -0.424. The van der Waals surface area contributed by atoms with Crippen molar-refractivity contribution in [3.63, 3.8) is 0 Å². The first-order valence-corrected chi connectivity index (χ1v) is 7.02. The highest BCUT2D eigenvalue weighted by Crippen LogP contribution is 2.48. The van der Waals surface area contributed by atoms with Crippen LogP contribution < -0.4 is 5.32 Å². The van der Waals surface area contributed by atoms with Gasteiger partial charge in [-0.15, -0.1) is 0 Å². The number of hydrogen-bond acceptors (Lipinski definition) is 4. The Kier molecular flexibility index (Phi) is 4.59. The Morgan fingerprint density at radius 3 is 2.81 bits per heavy atom. The van der Waals surface area contributed by atoms with E-state index in [0.29, 0.717) is 24.1 Å². The van der Waals surface area contributed by atoms with Crippen molar-refractivity contribution in [1.82, 2.24) is 0 Å². The van der Waals surface area contributed by atoms with Crippen molar-refractivity contribution in [1.29, 1.82) is 5.26 Å². The molecule has 21 heavy (non-hydrogen) atoms. The molecule has 5 heteroatoms. The lowest BCUT2D eigenvalue weighted by Gasteiger charge is -2.12. The summed E-state index contributed by atoms with van der Waals surface area (Å²) in [6, 6.07) is 8.80. The number of carbonyl (C=O) groups excluding carboxylic acids is 2. The molecular weight excluding hydrogens is 268 g/mol. The van der Waals surface area contributed by atoms with E-state index in [1.807, 2.05) is 0 Å². The molecule has 0 bridgehead atoms. The van der Waals surface area contributed by atoms with Gasteiger partial charge in [-0.25, -0.2) is 4.79 Å². The minimum Gasteiger partial charge on any atom is -0.461 e. The summed E-state index contributed by atoms with van der Waals surface area (Å²) in [6.07, 6.45) is 2.67. The number of benzene rings is 1. The van der Waals surface area contributed by atoms with Gasteiger partial charge >= 0.3 is 5.97 Å². The lowest BCUT2D eigenvalue weighted by Crippen LogP contribution is -2.15. The van der Waals surface area contributed by atoms with Crippen LogP contribution in [0, 0.1) is 16.7 Å². The van der Waals surface area contributed by atoms with Crippen LogP contribution in [0.5, 0.6) is 0 Å². The van der Waals surface area contributed by atoms with Crippen LogP contribution in [0.1, 0.15) is 43.0 Å². The van der Waals surface area contributed by atoms with E-state index in [-0.39, 0.29) is 17.9 Å². The lowest BCUT2D eigenvalue weighted by molar-refractivity contribution is -0.115. The van der Waals surface area contributed by atoms with Gasteiger partial charge in [-0.05, 0) is 31.0 Å². The van der Waals surface area contributed by atoms with Crippen LogP contribution in [0.3, 0.4) is 0 Å². The average Bonchev–Trinajstić information content (AvgIpc) is 3.25. The van der Waals surface area contributed by atoms with Gasteiger partial charge in [0.25, 0.3) is 0 Å². The zero-order valence-corrected chi connectivity index (χ0v) is 12.0. The Labute approximate surface area is 123 Å². The summed E-state index contributed by atoms with van der Waals surface area (Å²) in [5, 5.41) is 11.4. The molecule has 1 fully saturated rings. The summed E-state index contributed by atoms with van der Waals surface area (Å²) < 4.78 is 5.29. The Morgan fingerprint density at radius 1 is 1.43 bits per heavy atom. The van der Waals surface area contributed by atoms with Gasteiger partial charge in [0, 0.05) is 23.9 Å². The Morgan fingerprint density at radius 2 is 2.19 bits per heavy atom. The van der Waals surface area contributed by atoms with Gasteiger partial charge in [0.15, 0.2) is 0 Å². The van der Waals surface area contributed by atoms with E-state index in [0.717, 1.165) is 12.8 Å². The number of amides is 1. The Bertz CT molecular complexity index is 585. The largest absolute Gasteiger partial charge is 0.461 e. The molecule has 0 atom stereocenters. The fourth-order valence-corrected chi connectivity index (χ4v) is 1.99. The number of anilines is 1. The van der Waals surface area contributed by atoms with Gasteiger partial charge in [0.2, 0.25) is 5.91 Å². The zero-order chi connectivity index (χ0) is 15.3. The quantitative estimate of drug-likeness (QED) is 0.815. The second-order valence-corrected chi connectivity index (χ2v) is 5.39. The number of esters is 1. The molecule has 0 spiro atoms. The van der Waals surface area contributed by atoms with E-state index >= 15 is 0 Å². The number of nitrogens with one attached hydrogen (secondary N) is 1. The summed E-state index contributed by atoms with van der Waals surface area (Å²) in [5.41, 5.74) is 0.851. The normalized spacial score (nSPS) is 14.9. The topological polar surface area (TPSA) is 79.2 Å². The maximum Gasteiger partial charge on any atom is 0.338 e. The van der Waals surface area contributed by atoms with Crippen molar-refractivity contribution in [2.24, 2.45) is 5.41 Å². The molecule has 1 aliphatic rings. The van der Waals surface area contributed by atoms with Gasteiger partial charge in [-0.2, -0.15) is 5.26 Å². The van der Waals surface area contributed by atoms with Gasteiger partial charge in [0.05, 0.1) is 18.2 Å². The summed E-state index contributed by atoms with van der Waals surface area (Å²) in [5.74, 6) is -0.529. The molecule has 0 aromatic heterocycles. The standard InChI is InChI=1S/C16H18N2O3/c1-2-14(19)18-13-5-3-4-12(10-13)15(20)21-11-16(6-7-16)8-9-17/h3-5,10H,2,6-8,11H2,1H3,(H,18,19). The van der Waals surface area contributed by atoms with Crippen molar-refractivity contribution in [2.45, 2.75) is 32.6 Å². The lowest BCUT2D eigenvalue weighted by atomic mass is 10.1. The van der Waals surface area contributed by atoms with Crippen LogP contribution >= 0.6 is 0 Å². The third kappa shape index (κ3) is 4.06. The van der Waals surface area contributed by atoms with Gasteiger partial charge in [0.1, 0.15) is 0 Å². The van der Waals surface area contributed by atoms with Crippen molar-refractivity contribution >= 4 is 17.6 Å². The highest BCUT2D eigenvalue weighted by atomic mass is 16.5. The first-order chi connectivity index (χ1) is 10.1. The summed E-state index contributed by atoms with van der Waals surface area (Å²) in [7, 11) is 0. The molecular formula is C16H18N2O3. The number of nitriles is 1. The van der Waals surface area contributed by atoms with Crippen molar-refractivity contribution in [2.75, 3.05) is 11.9 Å². The molecule has 1 aromatic carbocycles. The smallest absolute Gasteiger partial charge is 0.338 e. The van der Waals surface area contributed by atoms with E-state index in [2.05, 4.69) is 11.4 Å². The number of ether oxygens (including phenoxy) is 1. The molecule has 1 saturated carbocycles. The van der Waals surface area contributed by atoms with E-state index in [1.54, 1.807) is 31.2 Å². The molecule has 5 nitrogen and oxygen atoms in total. The third-order valence-electron chi connectivity index (χ3n) is 3.62. The number of hydrogen-bond donors (Lipinski definition) is 1. The Balaban J connectivity index is 1.95. The third-order valence-corrected chi connectivity index (χ3v) is 3.62. The second-order valence-electron chi connectivity index (χ2n) is 5.39. The van der Waals surface area contributed by atoms with Crippen LogP contribution in [0.2, 0.25) is 0 Å². The SMILES string of the molecule is CCC(=O)Nc1cccc(C(=O)OCC2(CC#N)CC2)c1. The predicted octanol–water partition coefficient (Wildman–Crippen LogP) is 2.89. The average molecular weight is 286 g/mol. The maximum atomic E-state index is 12.0. The van der Waals surface area contributed by atoms with Gasteiger partial charge < -0.3 is 10.1 Å². The number of rotatable bonds is 6. The molecule has 1 N–H and O–H groups in total. The van der Waals surface area contributed by atoms with Crippen LogP contribution in [0.4, 0.5) is 5.69 Å². The summed E-state index contributed by atoms with van der Waals surface area (Å²) in [6.45, 7) is 2.04. The summed E-state index contributed by atoms with van der Waals surface area (Å²) >= 11 is 0. The molecule has 0 heterocycles. The molecule has 1 amide bonds. The van der Waals surface area contributed by atoms with Gasteiger partial charge in [-0.3, -0.25) is 4.79 Å². The maximum absolute atomic E-state index is 12.0. The Hall–Kier alpha value is -2.35. The molecule has 1 aliphatic carbocycles. The van der Waals surface area contributed by atoms with Crippen LogP contribution in [0.25, 0.3) is 0 Å². The molecule has 0 unspecified atom stereocenters. The number of carbonyl (C=O) groups is 2. The highest BCUT2D eigenvalue weighted by Gasteiger charge is 2.43. The van der Waals surface area contributed by atoms with E-state index in [4.69, 9.17) is 10.00 Å². The van der Waals surface area contributed by atoms with Gasteiger partial charge in [-0.1, -0.05) is 13.0 Å². The predicted molar refractivity (Wildman–Crippen MR) is 77.5 cm³/mol. The van der Waals surface area contributed by atoms with E-state index in [1.165, 1.54) is 0 Å². The van der Waals surface area contributed by atoms with Crippen LogP contribution in [-0.2, 0) is 9.53 Å².